The molecule has 0 aliphatic rings. The zero-order chi connectivity index (χ0) is 11.4. The van der Waals surface area contributed by atoms with Gasteiger partial charge in [-0.2, -0.15) is 12.6 Å². The van der Waals surface area contributed by atoms with Crippen LogP contribution in [0, 0.1) is 0 Å². The highest BCUT2D eigenvalue weighted by Crippen LogP contribution is 2.25. The van der Waals surface area contributed by atoms with Crippen LogP contribution in [0.5, 0.6) is 0 Å². The summed E-state index contributed by atoms with van der Waals surface area (Å²) in [6, 6.07) is 8.24. The number of fused-ring (bicyclic) bond motifs is 1. The summed E-state index contributed by atoms with van der Waals surface area (Å²) in [6.07, 6.45) is 0.477. The largest absolute Gasteiger partial charge is 0.352 e. The molecule has 0 aliphatic carbocycles. The summed E-state index contributed by atoms with van der Waals surface area (Å²) in [5.41, 5.74) is 1.19. The van der Waals surface area contributed by atoms with E-state index in [9.17, 15) is 4.79 Å². The van der Waals surface area contributed by atoms with Crippen LogP contribution in [-0.2, 0) is 11.3 Å². The molecule has 0 fully saturated rings. The third-order valence-electron chi connectivity index (χ3n) is 2.38. The average molecular weight is 251 g/mol. The Hall–Kier alpha value is -1.00. The van der Waals surface area contributed by atoms with Gasteiger partial charge in [-0.15, -0.1) is 11.3 Å². The topological polar surface area (TPSA) is 29.1 Å². The number of hydrogen-bond donors (Lipinski definition) is 2. The van der Waals surface area contributed by atoms with E-state index in [1.165, 1.54) is 15.6 Å². The van der Waals surface area contributed by atoms with E-state index < -0.39 is 0 Å². The van der Waals surface area contributed by atoms with Gasteiger partial charge in [0.05, 0.1) is 0 Å². The van der Waals surface area contributed by atoms with Crippen molar-refractivity contribution in [3.05, 3.63) is 35.2 Å². The van der Waals surface area contributed by atoms with Crippen molar-refractivity contribution >= 4 is 40.0 Å². The van der Waals surface area contributed by atoms with E-state index in [1.807, 2.05) is 12.1 Å². The Balaban J connectivity index is 2.07. The van der Waals surface area contributed by atoms with Crippen LogP contribution in [0.3, 0.4) is 0 Å². The summed E-state index contributed by atoms with van der Waals surface area (Å²) < 4.78 is 1.26. The summed E-state index contributed by atoms with van der Waals surface area (Å²) >= 11 is 5.74. The Morgan fingerprint density at radius 2 is 2.19 bits per heavy atom. The fourth-order valence-electron chi connectivity index (χ4n) is 1.55. The minimum Gasteiger partial charge on any atom is -0.352 e. The molecule has 84 valence electrons. The Labute approximate surface area is 104 Å². The van der Waals surface area contributed by atoms with Gasteiger partial charge in [0, 0.05) is 17.7 Å². The van der Waals surface area contributed by atoms with E-state index in [-0.39, 0.29) is 5.91 Å². The summed E-state index contributed by atoms with van der Waals surface area (Å²) in [4.78, 5) is 11.3. The van der Waals surface area contributed by atoms with Crippen molar-refractivity contribution in [2.24, 2.45) is 0 Å². The van der Waals surface area contributed by atoms with E-state index in [4.69, 9.17) is 0 Å². The van der Waals surface area contributed by atoms with Gasteiger partial charge < -0.3 is 5.32 Å². The number of amides is 1. The first-order chi connectivity index (χ1) is 7.81. The van der Waals surface area contributed by atoms with Crippen LogP contribution in [0.4, 0.5) is 0 Å². The van der Waals surface area contributed by atoms with E-state index in [2.05, 4.69) is 35.5 Å². The molecule has 0 atom stereocenters. The van der Waals surface area contributed by atoms with Crippen LogP contribution in [0.15, 0.2) is 29.6 Å². The number of carbonyl (C=O) groups is 1. The standard InChI is InChI=1S/C12H13NOS2/c14-12(5-6-15)13-7-9-8-16-11-4-2-1-3-10(9)11/h1-4,8,15H,5-7H2,(H,13,14). The molecule has 2 aromatic rings. The predicted molar refractivity (Wildman–Crippen MR) is 72.1 cm³/mol. The van der Waals surface area contributed by atoms with Crippen LogP contribution in [-0.4, -0.2) is 11.7 Å². The summed E-state index contributed by atoms with van der Waals surface area (Å²) in [5, 5.41) is 6.23. The third kappa shape index (κ3) is 2.57. The monoisotopic (exact) mass is 251 g/mol. The van der Waals surface area contributed by atoms with Crippen LogP contribution in [0.25, 0.3) is 10.1 Å². The molecule has 0 bridgehead atoms. The highest BCUT2D eigenvalue weighted by Gasteiger charge is 2.04. The van der Waals surface area contributed by atoms with Gasteiger partial charge in [-0.05, 0) is 28.1 Å². The van der Waals surface area contributed by atoms with Gasteiger partial charge in [0.15, 0.2) is 0 Å². The summed E-state index contributed by atoms with van der Waals surface area (Å²) in [7, 11) is 0. The lowest BCUT2D eigenvalue weighted by atomic mass is 10.2. The van der Waals surface area contributed by atoms with Crippen LogP contribution in [0.1, 0.15) is 12.0 Å². The van der Waals surface area contributed by atoms with Crippen molar-refractivity contribution in [2.45, 2.75) is 13.0 Å². The zero-order valence-electron chi connectivity index (χ0n) is 8.77. The number of carbonyl (C=O) groups excluding carboxylic acids is 1. The van der Waals surface area contributed by atoms with Gasteiger partial charge in [0.1, 0.15) is 0 Å². The van der Waals surface area contributed by atoms with Crippen LogP contribution in [0.2, 0.25) is 0 Å². The van der Waals surface area contributed by atoms with Gasteiger partial charge in [-0.3, -0.25) is 4.79 Å². The average Bonchev–Trinajstić information content (AvgIpc) is 2.70. The number of thiophene rings is 1. The molecule has 1 aromatic heterocycles. The highest BCUT2D eigenvalue weighted by atomic mass is 32.1. The van der Waals surface area contributed by atoms with Gasteiger partial charge in [0.25, 0.3) is 0 Å². The van der Waals surface area contributed by atoms with Crippen molar-refractivity contribution < 1.29 is 4.79 Å². The van der Waals surface area contributed by atoms with Crippen molar-refractivity contribution in [3.63, 3.8) is 0 Å². The van der Waals surface area contributed by atoms with Crippen LogP contribution >= 0.6 is 24.0 Å². The minimum absolute atomic E-state index is 0.0604. The molecule has 1 N–H and O–H groups in total. The van der Waals surface area contributed by atoms with Gasteiger partial charge >= 0.3 is 0 Å². The van der Waals surface area contributed by atoms with Gasteiger partial charge in [0.2, 0.25) is 5.91 Å². The van der Waals surface area contributed by atoms with Crippen molar-refractivity contribution in [1.29, 1.82) is 0 Å². The maximum atomic E-state index is 11.3. The molecule has 0 unspecified atom stereocenters. The van der Waals surface area contributed by atoms with Crippen molar-refractivity contribution in [1.82, 2.24) is 5.32 Å². The molecular formula is C12H13NOS2. The SMILES string of the molecule is O=C(CCS)NCc1csc2ccccc12. The Morgan fingerprint density at radius 3 is 3.00 bits per heavy atom. The molecule has 0 aliphatic heterocycles. The molecule has 1 aromatic carbocycles. The number of rotatable bonds is 4. The molecule has 0 saturated carbocycles. The minimum atomic E-state index is 0.0604. The van der Waals surface area contributed by atoms with Crippen LogP contribution < -0.4 is 5.32 Å². The molecule has 0 spiro atoms. The molecular weight excluding hydrogens is 238 g/mol. The lowest BCUT2D eigenvalue weighted by Crippen LogP contribution is -2.22. The first-order valence-electron chi connectivity index (χ1n) is 5.14. The number of benzene rings is 1. The molecule has 1 amide bonds. The summed E-state index contributed by atoms with van der Waals surface area (Å²) in [6.45, 7) is 0.608. The highest BCUT2D eigenvalue weighted by molar-refractivity contribution is 7.80. The Bertz CT molecular complexity index is 492. The summed E-state index contributed by atoms with van der Waals surface area (Å²) in [5.74, 6) is 0.654. The fourth-order valence-corrected chi connectivity index (χ4v) is 2.72. The molecule has 2 rings (SSSR count). The lowest BCUT2D eigenvalue weighted by Gasteiger charge is -2.02. The van der Waals surface area contributed by atoms with E-state index in [0.717, 1.165) is 0 Å². The second-order valence-corrected chi connectivity index (χ2v) is 4.87. The number of hydrogen-bond acceptors (Lipinski definition) is 3. The Morgan fingerprint density at radius 1 is 1.38 bits per heavy atom. The predicted octanol–water partition coefficient (Wildman–Crippen LogP) is 2.84. The van der Waals surface area contributed by atoms with E-state index >= 15 is 0 Å². The molecule has 0 saturated heterocycles. The first kappa shape index (κ1) is 11.5. The fraction of sp³-hybridized carbons (Fsp3) is 0.250. The smallest absolute Gasteiger partial charge is 0.221 e. The normalized spacial score (nSPS) is 10.6. The maximum absolute atomic E-state index is 11.3. The molecule has 4 heteroatoms. The molecule has 16 heavy (non-hydrogen) atoms. The maximum Gasteiger partial charge on any atom is 0.221 e. The second kappa shape index (κ2) is 5.37. The van der Waals surface area contributed by atoms with Crippen molar-refractivity contribution in [3.8, 4) is 0 Å². The third-order valence-corrected chi connectivity index (χ3v) is 3.61. The van der Waals surface area contributed by atoms with Gasteiger partial charge in [-0.25, -0.2) is 0 Å². The molecule has 2 nitrogen and oxygen atoms in total. The van der Waals surface area contributed by atoms with E-state index in [0.29, 0.717) is 18.7 Å². The second-order valence-electron chi connectivity index (χ2n) is 3.51. The Kier molecular flexibility index (Phi) is 3.85. The molecule has 1 heterocycles. The number of thiol groups is 1. The molecule has 0 radical (unpaired) electrons. The van der Waals surface area contributed by atoms with Gasteiger partial charge in [-0.1, -0.05) is 18.2 Å². The quantitative estimate of drug-likeness (QED) is 0.804. The van der Waals surface area contributed by atoms with Crippen molar-refractivity contribution in [2.75, 3.05) is 5.75 Å². The number of nitrogens with one attached hydrogen (secondary N) is 1. The first-order valence-corrected chi connectivity index (χ1v) is 6.65. The lowest BCUT2D eigenvalue weighted by molar-refractivity contribution is -0.120. The zero-order valence-corrected chi connectivity index (χ0v) is 10.5. The van der Waals surface area contributed by atoms with E-state index in [1.54, 1.807) is 11.3 Å².